The maximum atomic E-state index is 14.3. The van der Waals surface area contributed by atoms with Gasteiger partial charge in [0.2, 0.25) is 5.91 Å². The number of hydrogen-bond acceptors (Lipinski definition) is 4. The molecular weight excluding hydrogens is 591 g/mol. The molecule has 0 aliphatic carbocycles. The maximum absolute atomic E-state index is 14.3. The van der Waals surface area contributed by atoms with Crippen molar-refractivity contribution in [1.29, 1.82) is 0 Å². The van der Waals surface area contributed by atoms with Crippen LogP contribution in [0.5, 0.6) is 0 Å². The summed E-state index contributed by atoms with van der Waals surface area (Å²) in [5, 5.41) is 18.7. The molecule has 37 heavy (non-hydrogen) atoms. The number of carboxylic acid groups (broad SMARTS) is 2. The Morgan fingerprint density at radius 1 is 0.730 bits per heavy atom. The average Bonchev–Trinajstić information content (AvgIpc) is 2.67. The van der Waals surface area contributed by atoms with Gasteiger partial charge in [0.15, 0.2) is 0 Å². The van der Waals surface area contributed by atoms with E-state index in [1.54, 1.807) is 0 Å². The predicted molar refractivity (Wildman–Crippen MR) is 89.2 cm³/mol. The van der Waals surface area contributed by atoms with Crippen LogP contribution in [0.15, 0.2) is 11.0 Å². The van der Waals surface area contributed by atoms with Crippen molar-refractivity contribution in [2.75, 3.05) is 5.75 Å². The first-order chi connectivity index (χ1) is 16.0. The van der Waals surface area contributed by atoms with Gasteiger partial charge in [-0.2, -0.15) is 65.9 Å². The first-order valence-electron chi connectivity index (χ1n) is 8.45. The molecule has 1 atom stereocenters. The molecule has 0 fully saturated rings. The minimum absolute atomic E-state index is 0.608. The van der Waals surface area contributed by atoms with Crippen LogP contribution < -0.4 is 5.32 Å². The van der Waals surface area contributed by atoms with Crippen LogP contribution in [0.2, 0.25) is 0 Å². The summed E-state index contributed by atoms with van der Waals surface area (Å²) in [4.78, 5) is 29.5. The second-order valence-electron chi connectivity index (χ2n) is 6.69. The normalized spacial score (nSPS) is 15.8. The molecule has 0 radical (unpaired) electrons. The summed E-state index contributed by atoms with van der Waals surface area (Å²) in [5.41, 5.74) is 0. The summed E-state index contributed by atoms with van der Waals surface area (Å²) in [6.07, 6.45) is -8.91. The average molecular weight is 601 g/mol. The number of allylic oxidation sites excluding steroid dienone is 1. The molecule has 0 rings (SSSR count). The largest absolute Gasteiger partial charge is 0.480 e. The third-order valence-electron chi connectivity index (χ3n) is 3.97. The number of aliphatic carboxylic acids is 2. The van der Waals surface area contributed by atoms with Gasteiger partial charge in [0.1, 0.15) is 6.04 Å². The van der Waals surface area contributed by atoms with Crippen molar-refractivity contribution in [3.63, 3.8) is 0 Å². The molecular formula is C15H10F15NO5S. The van der Waals surface area contributed by atoms with Gasteiger partial charge in [-0.25, -0.2) is 9.59 Å². The van der Waals surface area contributed by atoms with Gasteiger partial charge < -0.3 is 15.5 Å². The summed E-state index contributed by atoms with van der Waals surface area (Å²) in [7, 11) is 0. The van der Waals surface area contributed by atoms with Crippen molar-refractivity contribution in [1.82, 2.24) is 5.32 Å². The minimum atomic E-state index is -8.58. The number of amides is 1. The number of hydrogen-bond donors (Lipinski definition) is 3. The number of carbonyl (C=O) groups excluding carboxylic acids is 1. The molecule has 0 aliphatic heterocycles. The second-order valence-corrected chi connectivity index (χ2v) is 7.76. The fourth-order valence-electron chi connectivity index (χ4n) is 2.05. The summed E-state index contributed by atoms with van der Waals surface area (Å²) in [6, 6.07) is -2.37. The van der Waals surface area contributed by atoms with Crippen LogP contribution in [0.1, 0.15) is 6.92 Å². The Bertz CT molecular complexity index is 931. The topological polar surface area (TPSA) is 104 Å². The van der Waals surface area contributed by atoms with Crippen molar-refractivity contribution in [3.8, 4) is 0 Å². The van der Waals surface area contributed by atoms with Crippen molar-refractivity contribution in [3.05, 3.63) is 11.0 Å². The Morgan fingerprint density at radius 2 is 1.11 bits per heavy atom. The summed E-state index contributed by atoms with van der Waals surface area (Å²) in [5.74, 6) is -56.6. The van der Waals surface area contributed by atoms with Gasteiger partial charge in [-0.1, -0.05) is 0 Å². The quantitative estimate of drug-likeness (QED) is 0.223. The van der Waals surface area contributed by atoms with E-state index in [-0.39, 0.29) is 0 Å². The molecule has 0 unspecified atom stereocenters. The van der Waals surface area contributed by atoms with Gasteiger partial charge in [0.25, 0.3) is 0 Å². The number of halogens is 15. The lowest BCUT2D eigenvalue weighted by atomic mass is 9.91. The monoisotopic (exact) mass is 601 g/mol. The van der Waals surface area contributed by atoms with Gasteiger partial charge in [-0.05, 0) is 0 Å². The number of carbonyl (C=O) groups is 3. The number of rotatable bonds is 12. The maximum Gasteiger partial charge on any atom is 0.460 e. The Labute approximate surface area is 197 Å². The molecule has 6 nitrogen and oxygen atoms in total. The van der Waals surface area contributed by atoms with Gasteiger partial charge in [-0.3, -0.25) is 4.79 Å². The summed E-state index contributed by atoms with van der Waals surface area (Å²) < 4.78 is 200. The molecule has 0 bridgehead atoms. The highest BCUT2D eigenvalue weighted by Gasteiger charge is 2.93. The Morgan fingerprint density at radius 3 is 1.43 bits per heavy atom. The standard InChI is InChI=1S/C15H10F15NO5S/c1-4(32)31-5(8(35)36)3-37-6(2-7(33)34)9(16,17)10(18,19)11(20,21)12(22,23)13(24,25)14(26,27)15(28,29)30/h2,5H,3H2,1H3,(H,31,32)(H,33,34)(H,35,36)/t5-/m0/s1. The van der Waals surface area contributed by atoms with E-state index in [0.717, 1.165) is 0 Å². The molecule has 0 aromatic heterocycles. The molecule has 216 valence electrons. The molecule has 0 aromatic carbocycles. The van der Waals surface area contributed by atoms with Crippen LogP contribution in [0.25, 0.3) is 0 Å². The smallest absolute Gasteiger partial charge is 0.460 e. The zero-order valence-corrected chi connectivity index (χ0v) is 17.9. The lowest BCUT2D eigenvalue weighted by Gasteiger charge is -2.41. The van der Waals surface area contributed by atoms with E-state index in [0.29, 0.717) is 6.92 Å². The first kappa shape index (κ1) is 34.4. The van der Waals surface area contributed by atoms with Gasteiger partial charge in [-0.15, -0.1) is 11.8 Å². The first-order valence-corrected chi connectivity index (χ1v) is 9.44. The van der Waals surface area contributed by atoms with E-state index in [4.69, 9.17) is 10.2 Å². The zero-order valence-electron chi connectivity index (χ0n) is 17.1. The van der Waals surface area contributed by atoms with Crippen molar-refractivity contribution in [2.45, 2.75) is 54.7 Å². The molecule has 0 aliphatic rings. The van der Waals surface area contributed by atoms with E-state index in [9.17, 15) is 80.2 Å². The van der Waals surface area contributed by atoms with Crippen LogP contribution in [0.4, 0.5) is 65.9 Å². The fraction of sp³-hybridized carbons (Fsp3) is 0.667. The summed E-state index contributed by atoms with van der Waals surface area (Å²) in [6.45, 7) is 0.608. The van der Waals surface area contributed by atoms with Crippen molar-refractivity contribution in [2.24, 2.45) is 0 Å². The molecule has 0 spiro atoms. The van der Waals surface area contributed by atoms with Crippen LogP contribution in [-0.4, -0.2) is 81.6 Å². The van der Waals surface area contributed by atoms with Gasteiger partial charge >= 0.3 is 53.7 Å². The Kier molecular flexibility index (Phi) is 9.60. The second kappa shape index (κ2) is 10.3. The highest BCUT2D eigenvalue weighted by atomic mass is 32.2. The number of alkyl halides is 15. The summed E-state index contributed by atoms with van der Waals surface area (Å²) >= 11 is -1.13. The molecule has 0 saturated heterocycles. The Hall–Kier alpha value is -2.55. The van der Waals surface area contributed by atoms with Crippen LogP contribution in [0.3, 0.4) is 0 Å². The van der Waals surface area contributed by atoms with Crippen LogP contribution >= 0.6 is 11.8 Å². The van der Waals surface area contributed by atoms with Gasteiger partial charge in [0, 0.05) is 18.8 Å². The molecule has 0 aromatic rings. The molecule has 22 heteroatoms. The van der Waals surface area contributed by atoms with Crippen molar-refractivity contribution < 1.29 is 90.5 Å². The van der Waals surface area contributed by atoms with Crippen LogP contribution in [0, 0.1) is 0 Å². The molecule has 0 heterocycles. The molecule has 1 amide bonds. The van der Waals surface area contributed by atoms with E-state index in [1.807, 2.05) is 0 Å². The third-order valence-corrected chi connectivity index (χ3v) is 5.16. The number of carboxylic acids is 2. The SMILES string of the molecule is CC(=O)N[C@@H](CSC(=CC(=O)O)C(F)(F)C(F)(F)C(F)(F)C(F)(F)C(F)(F)C(F)(F)C(F)(F)F)C(=O)O. The highest BCUT2D eigenvalue weighted by molar-refractivity contribution is 8.03. The number of thioether (sulfide) groups is 1. The van der Waals surface area contributed by atoms with E-state index >= 15 is 0 Å². The minimum Gasteiger partial charge on any atom is -0.480 e. The fourth-order valence-corrected chi connectivity index (χ4v) is 3.12. The van der Waals surface area contributed by atoms with Crippen LogP contribution in [-0.2, 0) is 14.4 Å². The molecule has 3 N–H and O–H groups in total. The van der Waals surface area contributed by atoms with E-state index in [1.165, 1.54) is 5.32 Å². The Balaban J connectivity index is 6.79. The third kappa shape index (κ3) is 5.97. The zero-order chi connectivity index (χ0) is 30.2. The van der Waals surface area contributed by atoms with E-state index < -0.39 is 94.1 Å². The predicted octanol–water partition coefficient (Wildman–Crippen LogP) is 4.65. The van der Waals surface area contributed by atoms with Gasteiger partial charge in [0.05, 0.1) is 4.91 Å². The lowest BCUT2D eigenvalue weighted by molar-refractivity contribution is -0.449. The molecule has 0 saturated carbocycles. The highest BCUT2D eigenvalue weighted by Crippen LogP contribution is 2.63. The van der Waals surface area contributed by atoms with Crippen molar-refractivity contribution >= 4 is 29.6 Å². The lowest BCUT2D eigenvalue weighted by Crippen LogP contribution is -2.72. The number of nitrogens with one attached hydrogen (secondary N) is 1. The van der Waals surface area contributed by atoms with E-state index in [2.05, 4.69) is 0 Å².